The monoisotopic (exact) mass is 413 g/mol. The first-order chi connectivity index (χ1) is 14.5. The summed E-state index contributed by atoms with van der Waals surface area (Å²) in [6.45, 7) is 2.57. The van der Waals surface area contributed by atoms with Crippen molar-refractivity contribution in [2.24, 2.45) is 11.3 Å². The number of benzene rings is 1. The first kappa shape index (κ1) is 20.3. The highest BCUT2D eigenvalue weighted by atomic mass is 16.3. The number of hydrogen-bond donors (Lipinski definition) is 2. The van der Waals surface area contributed by atoms with Gasteiger partial charge < -0.3 is 20.0 Å². The summed E-state index contributed by atoms with van der Waals surface area (Å²) in [4.78, 5) is 32.9. The van der Waals surface area contributed by atoms with E-state index in [1.807, 2.05) is 4.90 Å². The summed E-state index contributed by atoms with van der Waals surface area (Å²) in [7, 11) is 0. The van der Waals surface area contributed by atoms with Crippen molar-refractivity contribution in [2.75, 3.05) is 32.8 Å². The molecule has 9 heteroatoms. The number of aromatic nitrogens is 3. The van der Waals surface area contributed by atoms with Crippen LogP contribution < -0.4 is 0 Å². The van der Waals surface area contributed by atoms with Gasteiger partial charge in [0.15, 0.2) is 0 Å². The number of para-hydroxylation sites is 1. The largest absolute Gasteiger partial charge is 0.508 e. The van der Waals surface area contributed by atoms with E-state index >= 15 is 0 Å². The summed E-state index contributed by atoms with van der Waals surface area (Å²) in [5.74, 6) is 0.189. The third-order valence-electron chi connectivity index (χ3n) is 6.36. The van der Waals surface area contributed by atoms with Crippen molar-refractivity contribution in [3.8, 4) is 5.75 Å². The summed E-state index contributed by atoms with van der Waals surface area (Å²) in [5, 5.41) is 24.1. The molecule has 0 bridgehead atoms. The summed E-state index contributed by atoms with van der Waals surface area (Å²) in [6.07, 6.45) is 4.34. The van der Waals surface area contributed by atoms with E-state index in [9.17, 15) is 19.8 Å². The van der Waals surface area contributed by atoms with Gasteiger partial charge in [-0.05, 0) is 12.5 Å². The zero-order valence-corrected chi connectivity index (χ0v) is 16.9. The average molecular weight is 413 g/mol. The van der Waals surface area contributed by atoms with Crippen LogP contribution in [-0.4, -0.2) is 79.4 Å². The molecule has 3 heterocycles. The van der Waals surface area contributed by atoms with Gasteiger partial charge in [-0.25, -0.2) is 4.98 Å². The van der Waals surface area contributed by atoms with Gasteiger partial charge in [0.2, 0.25) is 11.8 Å². The van der Waals surface area contributed by atoms with Crippen molar-refractivity contribution < 1.29 is 19.8 Å². The molecule has 4 rings (SSSR count). The molecule has 0 saturated carbocycles. The molecule has 2 atom stereocenters. The number of carbonyl (C=O) groups is 2. The van der Waals surface area contributed by atoms with Gasteiger partial charge in [-0.15, -0.1) is 0 Å². The number of likely N-dealkylation sites (tertiary alicyclic amines) is 2. The number of phenolic OH excluding ortho intramolecular Hbond substituents is 1. The Morgan fingerprint density at radius 2 is 1.87 bits per heavy atom. The third kappa shape index (κ3) is 4.02. The minimum atomic E-state index is -0.462. The molecule has 30 heavy (non-hydrogen) atoms. The molecular formula is C21H27N5O4. The maximum atomic E-state index is 12.8. The Bertz CT molecular complexity index is 903. The Balaban J connectivity index is 1.32. The van der Waals surface area contributed by atoms with Crippen LogP contribution in [0.25, 0.3) is 0 Å². The SMILES string of the molecule is O=C(CCCn1cncn1)N1C[C@@H]2CN(C(=O)Cc3ccccc3O)C[C@]2(CO)C1. The second-order valence-corrected chi connectivity index (χ2v) is 8.33. The number of nitrogens with zero attached hydrogens (tertiary/aromatic N) is 5. The summed E-state index contributed by atoms with van der Waals surface area (Å²) in [5.41, 5.74) is 0.137. The van der Waals surface area contributed by atoms with Gasteiger partial charge in [-0.1, -0.05) is 18.2 Å². The highest BCUT2D eigenvalue weighted by Gasteiger charge is 2.53. The van der Waals surface area contributed by atoms with E-state index < -0.39 is 5.41 Å². The smallest absolute Gasteiger partial charge is 0.227 e. The van der Waals surface area contributed by atoms with Gasteiger partial charge in [0.25, 0.3) is 0 Å². The van der Waals surface area contributed by atoms with Crippen molar-refractivity contribution in [1.29, 1.82) is 0 Å². The van der Waals surface area contributed by atoms with Crippen molar-refractivity contribution in [2.45, 2.75) is 25.8 Å². The number of aromatic hydroxyl groups is 1. The average Bonchev–Trinajstić information content (AvgIpc) is 3.44. The molecule has 0 spiro atoms. The van der Waals surface area contributed by atoms with Crippen molar-refractivity contribution in [3.63, 3.8) is 0 Å². The lowest BCUT2D eigenvalue weighted by atomic mass is 9.82. The first-order valence-corrected chi connectivity index (χ1v) is 10.3. The fourth-order valence-corrected chi connectivity index (χ4v) is 4.62. The fraction of sp³-hybridized carbons (Fsp3) is 0.524. The number of amides is 2. The summed E-state index contributed by atoms with van der Waals surface area (Å²) < 4.78 is 1.70. The predicted octanol–water partition coefficient (Wildman–Crippen LogP) is 0.286. The molecule has 2 aliphatic rings. The van der Waals surface area contributed by atoms with Gasteiger partial charge in [0.05, 0.1) is 13.0 Å². The molecule has 2 aliphatic heterocycles. The lowest BCUT2D eigenvalue weighted by Crippen LogP contribution is -2.40. The van der Waals surface area contributed by atoms with Crippen LogP contribution in [0.5, 0.6) is 5.75 Å². The molecule has 2 aromatic rings. The Morgan fingerprint density at radius 3 is 2.50 bits per heavy atom. The molecule has 1 aromatic carbocycles. The number of aliphatic hydroxyl groups excluding tert-OH is 1. The minimum Gasteiger partial charge on any atom is -0.508 e. The molecule has 2 amide bonds. The maximum Gasteiger partial charge on any atom is 0.227 e. The molecule has 0 unspecified atom stereocenters. The van der Waals surface area contributed by atoms with Crippen LogP contribution in [0.1, 0.15) is 18.4 Å². The van der Waals surface area contributed by atoms with E-state index in [1.54, 1.807) is 40.2 Å². The second-order valence-electron chi connectivity index (χ2n) is 8.33. The van der Waals surface area contributed by atoms with E-state index in [2.05, 4.69) is 10.1 Å². The van der Waals surface area contributed by atoms with Gasteiger partial charge >= 0.3 is 0 Å². The number of carbonyl (C=O) groups excluding carboxylic acids is 2. The van der Waals surface area contributed by atoms with Crippen LogP contribution in [0.4, 0.5) is 0 Å². The van der Waals surface area contributed by atoms with E-state index in [1.165, 1.54) is 6.33 Å². The van der Waals surface area contributed by atoms with Crippen LogP contribution in [0.2, 0.25) is 0 Å². The Morgan fingerprint density at radius 1 is 1.13 bits per heavy atom. The Labute approximate surface area is 174 Å². The zero-order valence-electron chi connectivity index (χ0n) is 16.9. The molecular weight excluding hydrogens is 386 g/mol. The molecule has 0 radical (unpaired) electrons. The van der Waals surface area contributed by atoms with Gasteiger partial charge in [-0.2, -0.15) is 5.10 Å². The molecule has 1 aromatic heterocycles. The van der Waals surface area contributed by atoms with Crippen LogP contribution in [0, 0.1) is 11.3 Å². The van der Waals surface area contributed by atoms with Gasteiger partial charge in [0.1, 0.15) is 18.4 Å². The Kier molecular flexibility index (Phi) is 5.72. The molecule has 160 valence electrons. The van der Waals surface area contributed by atoms with E-state index in [0.29, 0.717) is 51.1 Å². The summed E-state index contributed by atoms with van der Waals surface area (Å²) >= 11 is 0. The number of aliphatic hydroxyl groups is 1. The highest BCUT2D eigenvalue weighted by Crippen LogP contribution is 2.42. The van der Waals surface area contributed by atoms with Crippen molar-refractivity contribution in [3.05, 3.63) is 42.5 Å². The molecule has 0 aliphatic carbocycles. The first-order valence-electron chi connectivity index (χ1n) is 10.3. The predicted molar refractivity (Wildman–Crippen MR) is 107 cm³/mol. The van der Waals surface area contributed by atoms with E-state index in [-0.39, 0.29) is 36.5 Å². The van der Waals surface area contributed by atoms with E-state index in [0.717, 1.165) is 0 Å². The van der Waals surface area contributed by atoms with E-state index in [4.69, 9.17) is 0 Å². The number of fused-ring (bicyclic) bond motifs is 1. The summed E-state index contributed by atoms with van der Waals surface area (Å²) in [6, 6.07) is 6.83. The van der Waals surface area contributed by atoms with Crippen LogP contribution >= 0.6 is 0 Å². The topological polar surface area (TPSA) is 112 Å². The molecule has 2 saturated heterocycles. The number of aryl methyl sites for hydroxylation is 1. The highest BCUT2D eigenvalue weighted by molar-refractivity contribution is 5.80. The quantitative estimate of drug-likeness (QED) is 0.675. The third-order valence-corrected chi connectivity index (χ3v) is 6.36. The van der Waals surface area contributed by atoms with Crippen LogP contribution in [0.3, 0.4) is 0 Å². The van der Waals surface area contributed by atoms with Gasteiger partial charge in [-0.3, -0.25) is 14.3 Å². The lowest BCUT2D eigenvalue weighted by Gasteiger charge is -2.27. The molecule has 2 fully saturated rings. The Hall–Kier alpha value is -2.94. The molecule has 2 N–H and O–H groups in total. The zero-order chi connectivity index (χ0) is 21.1. The van der Waals surface area contributed by atoms with Crippen LogP contribution in [0.15, 0.2) is 36.9 Å². The number of hydrogen-bond acceptors (Lipinski definition) is 6. The van der Waals surface area contributed by atoms with Gasteiger partial charge in [0, 0.05) is 56.0 Å². The number of phenols is 1. The maximum absolute atomic E-state index is 12.8. The van der Waals surface area contributed by atoms with Crippen molar-refractivity contribution in [1.82, 2.24) is 24.6 Å². The number of rotatable bonds is 7. The molecule has 9 nitrogen and oxygen atoms in total. The fourth-order valence-electron chi connectivity index (χ4n) is 4.62. The minimum absolute atomic E-state index is 0.0548. The standard InChI is InChI=1S/C21H27N5O4/c27-13-21-11-24(19(29)6-3-7-26-15-22-14-23-26)9-17(21)10-25(12-21)20(30)8-16-4-1-2-5-18(16)28/h1-2,4-5,14-15,17,27-28H,3,6-13H2/t17-,21+/m1/s1. The van der Waals surface area contributed by atoms with Crippen LogP contribution in [-0.2, 0) is 22.6 Å². The lowest BCUT2D eigenvalue weighted by molar-refractivity contribution is -0.132. The normalized spacial score (nSPS) is 23.0. The second kappa shape index (κ2) is 8.43. The van der Waals surface area contributed by atoms with Crippen molar-refractivity contribution >= 4 is 11.8 Å².